The van der Waals surface area contributed by atoms with Gasteiger partial charge in [-0.25, -0.2) is 4.79 Å². The third-order valence-electron chi connectivity index (χ3n) is 7.62. The average molecular weight is 658 g/mol. The molecule has 2 aliphatic rings. The maximum Gasteiger partial charge on any atom is 0.410 e. The van der Waals surface area contributed by atoms with Crippen molar-refractivity contribution in [2.45, 2.75) is 58.9 Å². The number of nitrogens with zero attached hydrogens (tertiary/aromatic N) is 3. The van der Waals surface area contributed by atoms with Gasteiger partial charge in [-0.1, -0.05) is 41.7 Å². The Labute approximate surface area is 278 Å². The molecule has 2 aliphatic heterocycles. The zero-order valence-electron chi connectivity index (χ0n) is 26.8. The minimum atomic E-state index is -0.583. The first-order valence-corrected chi connectivity index (χ1v) is 17.0. The summed E-state index contributed by atoms with van der Waals surface area (Å²) in [6.45, 7) is 10.8. The number of ether oxygens (including phenoxy) is 2. The first-order chi connectivity index (χ1) is 22.0. The van der Waals surface area contributed by atoms with Crippen molar-refractivity contribution in [2.75, 3.05) is 50.1 Å². The van der Waals surface area contributed by atoms with Gasteiger partial charge >= 0.3 is 6.09 Å². The van der Waals surface area contributed by atoms with Gasteiger partial charge in [0, 0.05) is 75.0 Å². The highest BCUT2D eigenvalue weighted by atomic mass is 32.2. The molecule has 0 radical (unpaired) electrons. The number of anilines is 2. The van der Waals surface area contributed by atoms with Crippen molar-refractivity contribution in [3.05, 3.63) is 88.5 Å². The molecular formula is C35H39N5O4S2. The maximum absolute atomic E-state index is 12.8. The highest BCUT2D eigenvalue weighted by molar-refractivity contribution is 8.05. The summed E-state index contributed by atoms with van der Waals surface area (Å²) in [6, 6.07) is 22.0. The number of carbonyl (C=O) groups excluding carboxylic acids is 1. The number of nitrogens with one attached hydrogen (secondary N) is 2. The molecule has 11 heteroatoms. The second-order valence-electron chi connectivity index (χ2n) is 12.5. The minimum absolute atomic E-state index is 0.115. The van der Waals surface area contributed by atoms with Crippen LogP contribution >= 0.6 is 23.5 Å². The van der Waals surface area contributed by atoms with E-state index in [4.69, 9.17) is 14.5 Å². The van der Waals surface area contributed by atoms with E-state index in [2.05, 4.69) is 51.6 Å². The predicted molar refractivity (Wildman–Crippen MR) is 184 cm³/mol. The average Bonchev–Trinajstić information content (AvgIpc) is 3.02. The molecule has 0 saturated carbocycles. The van der Waals surface area contributed by atoms with Gasteiger partial charge in [0.15, 0.2) is 0 Å². The van der Waals surface area contributed by atoms with Crippen LogP contribution in [0.3, 0.4) is 0 Å². The second-order valence-corrected chi connectivity index (χ2v) is 14.6. The third-order valence-corrected chi connectivity index (χ3v) is 10.2. The molecule has 0 bridgehead atoms. The highest BCUT2D eigenvalue weighted by Crippen LogP contribution is 2.52. The van der Waals surface area contributed by atoms with Crippen molar-refractivity contribution >= 4 is 41.0 Å². The van der Waals surface area contributed by atoms with Crippen molar-refractivity contribution in [1.82, 2.24) is 14.9 Å². The molecule has 2 aromatic carbocycles. The zero-order chi connectivity index (χ0) is 32.4. The Bertz CT molecular complexity index is 1800. The fourth-order valence-electron chi connectivity index (χ4n) is 5.44. The topological polar surface area (TPSA) is 99.8 Å². The van der Waals surface area contributed by atoms with Crippen LogP contribution in [0.4, 0.5) is 16.2 Å². The van der Waals surface area contributed by atoms with Gasteiger partial charge in [0.1, 0.15) is 5.60 Å². The smallest absolute Gasteiger partial charge is 0.410 e. The van der Waals surface area contributed by atoms with Crippen LogP contribution in [-0.2, 0) is 9.47 Å². The van der Waals surface area contributed by atoms with Gasteiger partial charge in [0.05, 0.1) is 30.6 Å². The summed E-state index contributed by atoms with van der Waals surface area (Å²) < 4.78 is 11.1. The van der Waals surface area contributed by atoms with E-state index in [1.54, 1.807) is 41.5 Å². The van der Waals surface area contributed by atoms with Gasteiger partial charge in [-0.05, 0) is 70.2 Å². The van der Waals surface area contributed by atoms with Gasteiger partial charge in [-0.3, -0.25) is 9.78 Å². The van der Waals surface area contributed by atoms with Crippen LogP contribution in [0.1, 0.15) is 38.2 Å². The quantitative estimate of drug-likeness (QED) is 0.188. The number of carbonyl (C=O) groups is 1. The van der Waals surface area contributed by atoms with Crippen LogP contribution in [0.5, 0.6) is 0 Å². The normalized spacial score (nSPS) is 15.0. The number of benzene rings is 2. The number of amides is 1. The lowest BCUT2D eigenvalue weighted by atomic mass is 10.1. The molecule has 0 aliphatic carbocycles. The van der Waals surface area contributed by atoms with Gasteiger partial charge < -0.3 is 29.6 Å². The van der Waals surface area contributed by atoms with E-state index in [1.807, 2.05) is 52.0 Å². The first kappa shape index (κ1) is 32.0. The Morgan fingerprint density at radius 2 is 1.83 bits per heavy atom. The lowest BCUT2D eigenvalue weighted by molar-refractivity contribution is 0.0291. The van der Waals surface area contributed by atoms with Crippen molar-refractivity contribution in [1.29, 1.82) is 0 Å². The van der Waals surface area contributed by atoms with E-state index >= 15 is 0 Å². The number of likely N-dealkylation sites (N-methyl/N-ethyl adjacent to an activating group) is 1. The van der Waals surface area contributed by atoms with Gasteiger partial charge in [0.25, 0.3) is 0 Å². The number of H-pyrrole nitrogens is 1. The molecule has 240 valence electrons. The van der Waals surface area contributed by atoms with Crippen molar-refractivity contribution < 1.29 is 14.3 Å². The SMILES string of the molecule is Cc1cccc(C(CN(C)C(=O)OC(C)(C)C)Nc2ccc3c(c2)Sc2cccc(-c4cc(N5CCOCC5)cc(=O)[nH]4)c2S3)n1. The predicted octanol–water partition coefficient (Wildman–Crippen LogP) is 7.22. The van der Waals surface area contributed by atoms with Crippen LogP contribution in [0.2, 0.25) is 0 Å². The lowest BCUT2D eigenvalue weighted by Gasteiger charge is -2.29. The summed E-state index contributed by atoms with van der Waals surface area (Å²) in [4.78, 5) is 41.7. The van der Waals surface area contributed by atoms with Gasteiger partial charge in [-0.2, -0.15) is 0 Å². The lowest BCUT2D eigenvalue weighted by Crippen LogP contribution is -2.38. The van der Waals surface area contributed by atoms with Crippen molar-refractivity contribution in [3.8, 4) is 11.3 Å². The number of hydrogen-bond acceptors (Lipinski definition) is 9. The summed E-state index contributed by atoms with van der Waals surface area (Å²) in [5.41, 5.74) is 4.72. The third kappa shape index (κ3) is 7.54. The highest BCUT2D eigenvalue weighted by Gasteiger charge is 2.26. The molecule has 1 unspecified atom stereocenters. The Morgan fingerprint density at radius 1 is 1.04 bits per heavy atom. The van der Waals surface area contributed by atoms with Crippen LogP contribution in [0, 0.1) is 6.92 Å². The van der Waals surface area contributed by atoms with Crippen molar-refractivity contribution in [2.24, 2.45) is 0 Å². The molecule has 1 fully saturated rings. The van der Waals surface area contributed by atoms with Crippen LogP contribution < -0.4 is 15.8 Å². The summed E-state index contributed by atoms with van der Waals surface area (Å²) >= 11 is 3.42. The Morgan fingerprint density at radius 3 is 2.59 bits per heavy atom. The molecule has 1 saturated heterocycles. The van der Waals surface area contributed by atoms with E-state index < -0.39 is 5.60 Å². The van der Waals surface area contributed by atoms with Crippen molar-refractivity contribution in [3.63, 3.8) is 0 Å². The number of rotatable bonds is 7. The number of aromatic amines is 1. The van der Waals surface area contributed by atoms with E-state index in [1.165, 1.54) is 0 Å². The van der Waals surface area contributed by atoms with Gasteiger partial charge in [0.2, 0.25) is 5.56 Å². The number of fused-ring (bicyclic) bond motifs is 2. The van der Waals surface area contributed by atoms with Crippen LogP contribution in [-0.4, -0.2) is 66.5 Å². The molecule has 1 atom stereocenters. The molecule has 0 spiro atoms. The largest absolute Gasteiger partial charge is 0.444 e. The minimum Gasteiger partial charge on any atom is -0.444 e. The monoisotopic (exact) mass is 657 g/mol. The molecule has 2 aromatic heterocycles. The molecule has 4 heterocycles. The number of hydrogen-bond donors (Lipinski definition) is 2. The Balaban J connectivity index is 1.25. The van der Waals surface area contributed by atoms with Crippen LogP contribution in [0.25, 0.3) is 11.3 Å². The Hall–Kier alpha value is -3.93. The van der Waals surface area contributed by atoms with E-state index in [0.29, 0.717) is 19.8 Å². The molecule has 4 aromatic rings. The molecule has 9 nitrogen and oxygen atoms in total. The molecule has 2 N–H and O–H groups in total. The molecule has 6 rings (SSSR count). The standard InChI is InChI=1S/C35H39N5O4S2/c1-22-8-6-10-26(36-22)28(21-39(5)34(42)44-35(2,3)4)37-23-12-13-29-31(18-23)45-30-11-7-9-25(33(30)46-29)27-19-24(20-32(41)38-27)40-14-16-43-17-15-40/h6-13,18-20,28,37H,14-17,21H2,1-5H3,(H,38,41). The number of morpholine rings is 1. The number of aryl methyl sites for hydroxylation is 1. The van der Waals surface area contributed by atoms with E-state index in [9.17, 15) is 9.59 Å². The van der Waals surface area contributed by atoms with E-state index in [0.717, 1.165) is 66.7 Å². The fraction of sp³-hybridized carbons (Fsp3) is 0.343. The molecule has 46 heavy (non-hydrogen) atoms. The first-order valence-electron chi connectivity index (χ1n) is 15.4. The number of aromatic nitrogens is 2. The van der Waals surface area contributed by atoms with E-state index in [-0.39, 0.29) is 17.7 Å². The molecular weight excluding hydrogens is 619 g/mol. The fourth-order valence-corrected chi connectivity index (χ4v) is 7.86. The second kappa shape index (κ2) is 13.4. The summed E-state index contributed by atoms with van der Waals surface area (Å²) in [5.74, 6) is 0. The number of pyridine rings is 2. The summed E-state index contributed by atoms with van der Waals surface area (Å²) in [6.07, 6.45) is -0.381. The molecule has 1 amide bonds. The maximum atomic E-state index is 12.8. The van der Waals surface area contributed by atoms with Gasteiger partial charge in [-0.15, -0.1) is 0 Å². The zero-order valence-corrected chi connectivity index (χ0v) is 28.4. The van der Waals surface area contributed by atoms with Crippen LogP contribution in [0.15, 0.2) is 91.1 Å². The summed E-state index contributed by atoms with van der Waals surface area (Å²) in [7, 11) is 1.75. The Kier molecular flexibility index (Phi) is 9.35. The summed E-state index contributed by atoms with van der Waals surface area (Å²) in [5, 5.41) is 3.64.